The molecule has 0 amide bonds. The molecule has 0 aromatic rings. The molecule has 1 fully saturated rings. The van der Waals surface area contributed by atoms with Crippen molar-refractivity contribution in [1.82, 2.24) is 10.2 Å². The molecule has 1 aliphatic heterocycles. The molecule has 1 N–H and O–H groups in total. The Bertz CT molecular complexity index is 488. The summed E-state index contributed by atoms with van der Waals surface area (Å²) in [5, 5.41) is 3.18. The van der Waals surface area contributed by atoms with Crippen molar-refractivity contribution in [2.45, 2.75) is 26.2 Å². The number of carbonyl (C=O) groups is 1. The molecule has 1 heterocycles. The van der Waals surface area contributed by atoms with Crippen molar-refractivity contribution >= 4 is 45.7 Å². The van der Waals surface area contributed by atoms with Crippen molar-refractivity contribution in [3.8, 4) is 0 Å². The lowest BCUT2D eigenvalue weighted by molar-refractivity contribution is -0.149. The van der Waals surface area contributed by atoms with Crippen molar-refractivity contribution < 1.29 is 17.9 Å². The number of nitrogens with one attached hydrogen (secondary N) is 1. The normalized spacial score (nSPS) is 16.7. The summed E-state index contributed by atoms with van der Waals surface area (Å²) >= 11 is 0. The van der Waals surface area contributed by atoms with Crippen molar-refractivity contribution in [3.63, 3.8) is 0 Å². The fraction of sp³-hybridized carbons (Fsp3) is 0.857. The number of halogens is 1. The Balaban J connectivity index is 0.00000484. The molecular weight excluding hydrogens is 433 g/mol. The smallest absolute Gasteiger partial charge is 0.309 e. The van der Waals surface area contributed by atoms with E-state index in [1.807, 2.05) is 6.92 Å². The van der Waals surface area contributed by atoms with E-state index in [0.717, 1.165) is 31.9 Å². The predicted molar refractivity (Wildman–Crippen MR) is 102 cm³/mol. The van der Waals surface area contributed by atoms with Crippen LogP contribution in [0.5, 0.6) is 0 Å². The molecule has 1 aliphatic rings. The number of hydrogen-bond donors (Lipinski definition) is 1. The maximum atomic E-state index is 11.7. The minimum absolute atomic E-state index is 0. The molecule has 0 spiro atoms. The van der Waals surface area contributed by atoms with Crippen LogP contribution in [-0.2, 0) is 19.4 Å². The molecule has 0 aromatic carbocycles. The third-order valence-electron chi connectivity index (χ3n) is 3.60. The Hall–Kier alpha value is -0.580. The number of piperidine rings is 1. The molecule has 0 aliphatic carbocycles. The summed E-state index contributed by atoms with van der Waals surface area (Å²) in [6, 6.07) is 0. The number of rotatable bonds is 6. The summed E-state index contributed by atoms with van der Waals surface area (Å²) in [4.78, 5) is 18.0. The molecule has 0 radical (unpaired) electrons. The number of sulfone groups is 1. The van der Waals surface area contributed by atoms with Gasteiger partial charge in [0.25, 0.3) is 0 Å². The second kappa shape index (κ2) is 11.1. The maximum Gasteiger partial charge on any atom is 0.309 e. The molecule has 7 nitrogen and oxygen atoms in total. The van der Waals surface area contributed by atoms with E-state index in [1.54, 1.807) is 7.05 Å². The first-order chi connectivity index (χ1) is 10.4. The number of carbonyl (C=O) groups excluding carboxylic acids is 1. The monoisotopic (exact) mass is 461 g/mol. The minimum Gasteiger partial charge on any atom is -0.466 e. The van der Waals surface area contributed by atoms with Crippen LogP contribution in [0.1, 0.15) is 26.2 Å². The van der Waals surface area contributed by atoms with E-state index in [0.29, 0.717) is 19.6 Å². The minimum atomic E-state index is -2.92. The molecule has 0 aromatic heterocycles. The van der Waals surface area contributed by atoms with Crippen molar-refractivity contribution in [3.05, 3.63) is 0 Å². The first-order valence-corrected chi connectivity index (χ1v) is 9.73. The summed E-state index contributed by atoms with van der Waals surface area (Å²) in [7, 11) is -1.22. The highest BCUT2D eigenvalue weighted by molar-refractivity contribution is 14.0. The van der Waals surface area contributed by atoms with Gasteiger partial charge in [-0.25, -0.2) is 8.42 Å². The first kappa shape index (κ1) is 22.4. The van der Waals surface area contributed by atoms with Gasteiger partial charge in [-0.1, -0.05) is 0 Å². The van der Waals surface area contributed by atoms with Gasteiger partial charge < -0.3 is 15.0 Å². The largest absolute Gasteiger partial charge is 0.466 e. The van der Waals surface area contributed by atoms with E-state index in [4.69, 9.17) is 4.74 Å². The average Bonchev–Trinajstić information content (AvgIpc) is 2.47. The first-order valence-electron chi connectivity index (χ1n) is 7.67. The number of esters is 1. The van der Waals surface area contributed by atoms with Crippen LogP contribution >= 0.6 is 24.0 Å². The van der Waals surface area contributed by atoms with Gasteiger partial charge in [-0.05, 0) is 26.2 Å². The van der Waals surface area contributed by atoms with Crippen LogP contribution in [0.15, 0.2) is 4.99 Å². The standard InChI is InChI=1S/C14H27N3O4S.HI/c1-4-21-13(18)12-6-9-17(10-7-12)14(15-2)16-8-5-11-22(3,19)20;/h12H,4-11H2,1-3H3,(H,15,16);1H. The fourth-order valence-corrected chi connectivity index (χ4v) is 3.12. The lowest BCUT2D eigenvalue weighted by Crippen LogP contribution is -2.47. The molecule has 23 heavy (non-hydrogen) atoms. The van der Waals surface area contributed by atoms with Crippen molar-refractivity contribution in [1.29, 1.82) is 0 Å². The van der Waals surface area contributed by atoms with Crippen LogP contribution in [0.3, 0.4) is 0 Å². The van der Waals surface area contributed by atoms with E-state index < -0.39 is 9.84 Å². The van der Waals surface area contributed by atoms with Gasteiger partial charge in [0, 0.05) is 32.9 Å². The zero-order valence-electron chi connectivity index (χ0n) is 14.1. The van der Waals surface area contributed by atoms with Gasteiger partial charge in [-0.2, -0.15) is 0 Å². The Kier molecular flexibility index (Phi) is 10.8. The molecule has 0 saturated carbocycles. The van der Waals surface area contributed by atoms with E-state index in [2.05, 4.69) is 15.2 Å². The van der Waals surface area contributed by atoms with Gasteiger partial charge in [0.15, 0.2) is 5.96 Å². The van der Waals surface area contributed by atoms with Crippen molar-refractivity contribution in [2.24, 2.45) is 10.9 Å². The second-order valence-corrected chi connectivity index (χ2v) is 7.73. The van der Waals surface area contributed by atoms with Gasteiger partial charge in [0.05, 0.1) is 18.3 Å². The zero-order chi connectivity index (χ0) is 16.6. The van der Waals surface area contributed by atoms with Gasteiger partial charge >= 0.3 is 5.97 Å². The highest BCUT2D eigenvalue weighted by Gasteiger charge is 2.27. The molecule has 136 valence electrons. The summed E-state index contributed by atoms with van der Waals surface area (Å²) in [5.74, 6) is 0.788. The Labute approximate surface area is 156 Å². The number of aliphatic imine (C=N–C) groups is 1. The van der Waals surface area contributed by atoms with Crippen LogP contribution < -0.4 is 5.32 Å². The van der Waals surface area contributed by atoms with Crippen LogP contribution in [-0.4, -0.2) is 70.5 Å². The Morgan fingerprint density at radius 1 is 1.35 bits per heavy atom. The lowest BCUT2D eigenvalue weighted by atomic mass is 9.97. The van der Waals surface area contributed by atoms with Crippen molar-refractivity contribution in [2.75, 3.05) is 45.3 Å². The quantitative estimate of drug-likeness (QED) is 0.208. The molecule has 1 saturated heterocycles. The summed E-state index contributed by atoms with van der Waals surface area (Å²) in [5.41, 5.74) is 0. The number of nitrogens with zero attached hydrogens (tertiary/aromatic N) is 2. The highest BCUT2D eigenvalue weighted by atomic mass is 127. The molecule has 9 heteroatoms. The molecule has 1 rings (SSSR count). The maximum absolute atomic E-state index is 11.7. The molecule has 0 bridgehead atoms. The Morgan fingerprint density at radius 2 is 1.96 bits per heavy atom. The van der Waals surface area contributed by atoms with E-state index >= 15 is 0 Å². The Morgan fingerprint density at radius 3 is 2.43 bits per heavy atom. The SMILES string of the molecule is CCOC(=O)C1CCN(C(=NC)NCCCS(C)(=O)=O)CC1.I. The van der Waals surface area contributed by atoms with Gasteiger partial charge in [-0.3, -0.25) is 9.79 Å². The highest BCUT2D eigenvalue weighted by Crippen LogP contribution is 2.18. The number of hydrogen-bond acceptors (Lipinski definition) is 5. The summed E-state index contributed by atoms with van der Waals surface area (Å²) in [6.45, 7) is 4.29. The zero-order valence-corrected chi connectivity index (χ0v) is 17.2. The van der Waals surface area contributed by atoms with Crippen LogP contribution in [0.4, 0.5) is 0 Å². The number of ether oxygens (including phenoxy) is 1. The molecular formula is C14H28IN3O4S. The van der Waals surface area contributed by atoms with E-state index in [-0.39, 0.29) is 41.6 Å². The lowest BCUT2D eigenvalue weighted by Gasteiger charge is -2.33. The summed E-state index contributed by atoms with van der Waals surface area (Å²) < 4.78 is 27.2. The van der Waals surface area contributed by atoms with Gasteiger partial charge in [-0.15, -0.1) is 24.0 Å². The van der Waals surface area contributed by atoms with Crippen LogP contribution in [0.2, 0.25) is 0 Å². The third-order valence-corrected chi connectivity index (χ3v) is 4.63. The molecule has 0 atom stereocenters. The van der Waals surface area contributed by atoms with E-state index in [9.17, 15) is 13.2 Å². The average molecular weight is 461 g/mol. The predicted octanol–water partition coefficient (Wildman–Crippen LogP) is 0.890. The third kappa shape index (κ3) is 8.73. The van der Waals surface area contributed by atoms with Gasteiger partial charge in [0.2, 0.25) is 0 Å². The topological polar surface area (TPSA) is 88.1 Å². The fourth-order valence-electron chi connectivity index (χ4n) is 2.45. The van der Waals surface area contributed by atoms with Gasteiger partial charge in [0.1, 0.15) is 9.84 Å². The number of guanidine groups is 1. The number of likely N-dealkylation sites (tertiary alicyclic amines) is 1. The summed E-state index contributed by atoms with van der Waals surface area (Å²) in [6.07, 6.45) is 3.30. The van der Waals surface area contributed by atoms with Crippen LogP contribution in [0.25, 0.3) is 0 Å². The van der Waals surface area contributed by atoms with Crippen LogP contribution in [0, 0.1) is 5.92 Å². The van der Waals surface area contributed by atoms with E-state index in [1.165, 1.54) is 6.26 Å². The molecule has 0 unspecified atom stereocenters. The second-order valence-electron chi connectivity index (χ2n) is 5.47.